The average Bonchev–Trinajstić information content (AvgIpc) is 2.76. The van der Waals surface area contributed by atoms with Crippen molar-refractivity contribution in [1.82, 2.24) is 5.32 Å². The molecule has 0 spiro atoms. The van der Waals surface area contributed by atoms with E-state index >= 15 is 0 Å². The molecule has 0 radical (unpaired) electrons. The minimum Gasteiger partial charge on any atom is -0.393 e. The van der Waals surface area contributed by atoms with Gasteiger partial charge in [0.25, 0.3) is 0 Å². The highest BCUT2D eigenvalue weighted by atomic mass is 16.3. The topological polar surface area (TPSA) is 75.3 Å². The number of aliphatic hydroxyl groups excluding tert-OH is 1. The Morgan fingerprint density at radius 2 is 1.47 bits per heavy atom. The van der Waals surface area contributed by atoms with Crippen LogP contribution in [0.25, 0.3) is 0 Å². The summed E-state index contributed by atoms with van der Waals surface area (Å²) in [6.45, 7) is 3.33. The standard InChI is InChI=1S/C26H46N2O2/c1-2-3-4-11-17-25(29)18-12-9-7-5-6-8-10-13-19-26(30)28-22-24-16-14-15-23(20-24)21-27/h14-16,20,25,29H,2-13,17-19,21-22,27H2,1H3,(H,28,30). The molecule has 30 heavy (non-hydrogen) atoms. The van der Waals surface area contributed by atoms with Gasteiger partial charge in [-0.1, -0.05) is 102 Å². The number of benzene rings is 1. The Kier molecular flexibility index (Phi) is 16.3. The third kappa shape index (κ3) is 14.6. The van der Waals surface area contributed by atoms with E-state index in [9.17, 15) is 9.90 Å². The molecular weight excluding hydrogens is 372 g/mol. The summed E-state index contributed by atoms with van der Waals surface area (Å²) in [5.74, 6) is 0.140. The summed E-state index contributed by atoms with van der Waals surface area (Å²) in [7, 11) is 0. The number of carbonyl (C=O) groups is 1. The van der Waals surface area contributed by atoms with Gasteiger partial charge in [-0.15, -0.1) is 0 Å². The largest absolute Gasteiger partial charge is 0.393 e. The van der Waals surface area contributed by atoms with Crippen molar-refractivity contribution in [3.05, 3.63) is 35.4 Å². The predicted molar refractivity (Wildman–Crippen MR) is 127 cm³/mol. The third-order valence-electron chi connectivity index (χ3n) is 5.80. The summed E-state index contributed by atoms with van der Waals surface area (Å²) in [6.07, 6.45) is 17.0. The summed E-state index contributed by atoms with van der Waals surface area (Å²) < 4.78 is 0. The second-order valence-corrected chi connectivity index (χ2v) is 8.67. The minimum atomic E-state index is -0.0856. The van der Waals surface area contributed by atoms with Crippen LogP contribution in [0.4, 0.5) is 0 Å². The summed E-state index contributed by atoms with van der Waals surface area (Å²) in [6, 6.07) is 8.06. The van der Waals surface area contributed by atoms with Crippen LogP contribution in [0.5, 0.6) is 0 Å². The molecule has 4 N–H and O–H groups in total. The van der Waals surface area contributed by atoms with Crippen LogP contribution < -0.4 is 11.1 Å². The highest BCUT2D eigenvalue weighted by Gasteiger charge is 2.04. The SMILES string of the molecule is CCCCCCC(O)CCCCCCCCCCC(=O)NCc1cccc(CN)c1. The normalized spacial score (nSPS) is 12.1. The molecule has 1 amide bonds. The first-order valence-electron chi connectivity index (χ1n) is 12.4. The molecule has 0 heterocycles. The summed E-state index contributed by atoms with van der Waals surface area (Å²) in [5, 5.41) is 13.0. The maximum Gasteiger partial charge on any atom is 0.220 e. The maximum absolute atomic E-state index is 12.0. The van der Waals surface area contributed by atoms with Crippen LogP contribution >= 0.6 is 0 Å². The van der Waals surface area contributed by atoms with Gasteiger partial charge in [0, 0.05) is 19.5 Å². The number of unbranched alkanes of at least 4 members (excludes halogenated alkanes) is 10. The number of carbonyl (C=O) groups excluding carboxylic acids is 1. The van der Waals surface area contributed by atoms with Crippen molar-refractivity contribution >= 4 is 5.91 Å². The zero-order chi connectivity index (χ0) is 21.9. The Morgan fingerprint density at radius 3 is 2.10 bits per heavy atom. The lowest BCUT2D eigenvalue weighted by Crippen LogP contribution is -2.22. The predicted octanol–water partition coefficient (Wildman–Crippen LogP) is 5.99. The first kappa shape index (κ1) is 26.6. The Labute approximate surface area is 185 Å². The van der Waals surface area contributed by atoms with Crippen LogP contribution in [-0.4, -0.2) is 17.1 Å². The van der Waals surface area contributed by atoms with E-state index in [4.69, 9.17) is 5.73 Å². The van der Waals surface area contributed by atoms with Crippen molar-refractivity contribution in [2.45, 2.75) is 122 Å². The van der Waals surface area contributed by atoms with Crippen LogP contribution in [0.2, 0.25) is 0 Å². The molecule has 0 bridgehead atoms. The number of nitrogens with two attached hydrogens (primary N) is 1. The molecule has 0 saturated carbocycles. The molecule has 4 heteroatoms. The first-order valence-corrected chi connectivity index (χ1v) is 12.4. The highest BCUT2D eigenvalue weighted by Crippen LogP contribution is 2.14. The van der Waals surface area contributed by atoms with Crippen LogP contribution in [0.1, 0.15) is 114 Å². The maximum atomic E-state index is 12.0. The number of aliphatic hydroxyl groups is 1. The quantitative estimate of drug-likeness (QED) is 0.241. The van der Waals surface area contributed by atoms with Crippen molar-refractivity contribution in [2.24, 2.45) is 5.73 Å². The fourth-order valence-electron chi connectivity index (χ4n) is 3.83. The Morgan fingerprint density at radius 1 is 0.900 bits per heavy atom. The van der Waals surface area contributed by atoms with E-state index < -0.39 is 0 Å². The van der Waals surface area contributed by atoms with Gasteiger partial charge in [0.15, 0.2) is 0 Å². The molecule has 1 aromatic rings. The minimum absolute atomic E-state index is 0.0856. The van der Waals surface area contributed by atoms with Gasteiger partial charge >= 0.3 is 0 Å². The van der Waals surface area contributed by atoms with Crippen molar-refractivity contribution in [3.63, 3.8) is 0 Å². The molecule has 0 aromatic heterocycles. The first-order chi connectivity index (χ1) is 14.7. The van der Waals surface area contributed by atoms with Crippen molar-refractivity contribution in [1.29, 1.82) is 0 Å². The van der Waals surface area contributed by atoms with Crippen LogP contribution in [0.3, 0.4) is 0 Å². The molecular formula is C26H46N2O2. The Bertz CT molecular complexity index is 548. The van der Waals surface area contributed by atoms with Crippen LogP contribution in [0.15, 0.2) is 24.3 Å². The molecule has 0 saturated heterocycles. The Balaban J connectivity index is 1.88. The Hall–Kier alpha value is -1.39. The zero-order valence-electron chi connectivity index (χ0n) is 19.3. The van der Waals surface area contributed by atoms with E-state index in [1.807, 2.05) is 18.2 Å². The fourth-order valence-corrected chi connectivity index (χ4v) is 3.83. The highest BCUT2D eigenvalue weighted by molar-refractivity contribution is 5.75. The van der Waals surface area contributed by atoms with Crippen LogP contribution in [0, 0.1) is 0 Å². The van der Waals surface area contributed by atoms with Crippen molar-refractivity contribution in [3.8, 4) is 0 Å². The van der Waals surface area contributed by atoms with Gasteiger partial charge < -0.3 is 16.2 Å². The van der Waals surface area contributed by atoms with Gasteiger partial charge in [-0.25, -0.2) is 0 Å². The van der Waals surface area contributed by atoms with Crippen LogP contribution in [-0.2, 0) is 17.9 Å². The molecule has 0 aliphatic rings. The molecule has 172 valence electrons. The fraction of sp³-hybridized carbons (Fsp3) is 0.731. The molecule has 0 aliphatic heterocycles. The van der Waals surface area contributed by atoms with E-state index in [0.29, 0.717) is 19.5 Å². The number of nitrogens with one attached hydrogen (secondary N) is 1. The van der Waals surface area contributed by atoms with Crippen molar-refractivity contribution < 1.29 is 9.90 Å². The number of amides is 1. The summed E-state index contributed by atoms with van der Waals surface area (Å²) in [5.41, 5.74) is 7.86. The smallest absolute Gasteiger partial charge is 0.220 e. The lowest BCUT2D eigenvalue weighted by Gasteiger charge is -2.10. The zero-order valence-corrected chi connectivity index (χ0v) is 19.3. The van der Waals surface area contributed by atoms with Gasteiger partial charge in [0.1, 0.15) is 0 Å². The molecule has 4 nitrogen and oxygen atoms in total. The average molecular weight is 419 g/mol. The molecule has 1 unspecified atom stereocenters. The summed E-state index contributed by atoms with van der Waals surface area (Å²) >= 11 is 0. The lowest BCUT2D eigenvalue weighted by molar-refractivity contribution is -0.121. The van der Waals surface area contributed by atoms with Gasteiger partial charge in [-0.3, -0.25) is 4.79 Å². The number of rotatable bonds is 19. The van der Waals surface area contributed by atoms with E-state index in [2.05, 4.69) is 18.3 Å². The lowest BCUT2D eigenvalue weighted by atomic mass is 10.0. The van der Waals surface area contributed by atoms with Crippen molar-refractivity contribution in [2.75, 3.05) is 0 Å². The molecule has 1 rings (SSSR count). The van der Waals surface area contributed by atoms with E-state index in [-0.39, 0.29) is 12.0 Å². The molecule has 1 atom stereocenters. The van der Waals surface area contributed by atoms with Gasteiger partial charge in [-0.05, 0) is 30.4 Å². The van der Waals surface area contributed by atoms with E-state index in [1.165, 1.54) is 57.8 Å². The monoisotopic (exact) mass is 418 g/mol. The second kappa shape index (κ2) is 18.4. The van der Waals surface area contributed by atoms with E-state index in [0.717, 1.165) is 43.2 Å². The van der Waals surface area contributed by atoms with Gasteiger partial charge in [0.2, 0.25) is 5.91 Å². The van der Waals surface area contributed by atoms with E-state index in [1.54, 1.807) is 0 Å². The van der Waals surface area contributed by atoms with Gasteiger partial charge in [0.05, 0.1) is 6.10 Å². The molecule has 1 aromatic carbocycles. The second-order valence-electron chi connectivity index (χ2n) is 8.67. The molecule has 0 fully saturated rings. The number of hydrogen-bond donors (Lipinski definition) is 3. The third-order valence-corrected chi connectivity index (χ3v) is 5.80. The molecule has 0 aliphatic carbocycles. The summed E-state index contributed by atoms with van der Waals surface area (Å²) in [4.78, 5) is 12.0. The number of hydrogen-bond acceptors (Lipinski definition) is 3. The van der Waals surface area contributed by atoms with Gasteiger partial charge in [-0.2, -0.15) is 0 Å².